The molecule has 98 valence electrons. The average molecular weight is 262 g/mol. The first-order valence-electron chi connectivity index (χ1n) is 5.38. The van der Waals surface area contributed by atoms with Crippen molar-refractivity contribution in [2.24, 2.45) is 5.92 Å². The van der Waals surface area contributed by atoms with Crippen LogP contribution in [-0.2, 0) is 16.0 Å². The molecular weight excluding hydrogens is 252 g/mol. The highest BCUT2D eigenvalue weighted by atomic mass is 16.4. The molecule has 2 rings (SSSR count). The molecule has 0 atom stereocenters. The number of aromatic nitrogens is 4. The molecule has 0 aliphatic carbocycles. The van der Waals surface area contributed by atoms with E-state index in [0.29, 0.717) is 5.69 Å². The van der Waals surface area contributed by atoms with Gasteiger partial charge < -0.3 is 10.2 Å². The number of nitrogens with zero attached hydrogens (tertiary/aromatic N) is 4. The Hall–Kier alpha value is -2.77. The van der Waals surface area contributed by atoms with E-state index >= 15 is 0 Å². The summed E-state index contributed by atoms with van der Waals surface area (Å²) in [5.74, 6) is -4.24. The topological polar surface area (TPSA) is 118 Å². The van der Waals surface area contributed by atoms with Gasteiger partial charge in [0.05, 0.1) is 5.69 Å². The molecule has 0 radical (unpaired) electrons. The molecule has 1 aromatic heterocycles. The number of hydrogen-bond donors (Lipinski definition) is 2. The minimum Gasteiger partial charge on any atom is -0.481 e. The smallest absolute Gasteiger partial charge is 0.318 e. The minimum atomic E-state index is -1.58. The Morgan fingerprint density at radius 3 is 2.37 bits per heavy atom. The first kappa shape index (κ1) is 12.7. The van der Waals surface area contributed by atoms with Crippen LogP contribution < -0.4 is 0 Å². The van der Waals surface area contributed by atoms with E-state index in [0.717, 1.165) is 0 Å². The van der Waals surface area contributed by atoms with Gasteiger partial charge >= 0.3 is 11.9 Å². The fourth-order valence-corrected chi connectivity index (χ4v) is 1.57. The molecule has 0 amide bonds. The predicted molar refractivity (Wildman–Crippen MR) is 61.6 cm³/mol. The standard InChI is InChI=1S/C11H10N4O4/c16-10(17)8(11(18)19)6-9-12-13-14-15(9)7-4-2-1-3-5-7/h1-5,8H,6H2,(H,16,17)(H,18,19). The van der Waals surface area contributed by atoms with E-state index < -0.39 is 17.9 Å². The molecule has 0 spiro atoms. The molecule has 0 aliphatic heterocycles. The summed E-state index contributed by atoms with van der Waals surface area (Å²) in [5, 5.41) is 28.5. The third-order valence-electron chi connectivity index (χ3n) is 2.52. The molecule has 0 saturated heterocycles. The molecule has 0 aliphatic rings. The zero-order valence-electron chi connectivity index (χ0n) is 9.67. The van der Waals surface area contributed by atoms with Crippen LogP contribution >= 0.6 is 0 Å². The first-order valence-corrected chi connectivity index (χ1v) is 5.38. The van der Waals surface area contributed by atoms with Gasteiger partial charge in [0, 0.05) is 6.42 Å². The molecular formula is C11H10N4O4. The van der Waals surface area contributed by atoms with Gasteiger partial charge in [0.1, 0.15) is 0 Å². The van der Waals surface area contributed by atoms with Crippen molar-refractivity contribution in [3.05, 3.63) is 36.2 Å². The highest BCUT2D eigenvalue weighted by Crippen LogP contribution is 2.11. The second-order valence-electron chi connectivity index (χ2n) is 3.78. The van der Waals surface area contributed by atoms with Crippen molar-refractivity contribution in [1.29, 1.82) is 0 Å². The Morgan fingerprint density at radius 1 is 1.16 bits per heavy atom. The summed E-state index contributed by atoms with van der Waals surface area (Å²) in [6.07, 6.45) is -0.285. The van der Waals surface area contributed by atoms with Gasteiger partial charge in [-0.15, -0.1) is 5.10 Å². The molecule has 0 saturated carbocycles. The van der Waals surface area contributed by atoms with Crippen molar-refractivity contribution in [3.63, 3.8) is 0 Å². The zero-order valence-corrected chi connectivity index (χ0v) is 9.67. The third kappa shape index (κ3) is 2.73. The predicted octanol–water partition coefficient (Wildman–Crippen LogP) is -0.00980. The van der Waals surface area contributed by atoms with Crippen molar-refractivity contribution in [2.75, 3.05) is 0 Å². The Bertz CT molecular complexity index is 582. The number of para-hydroxylation sites is 1. The molecule has 0 unspecified atom stereocenters. The van der Waals surface area contributed by atoms with E-state index in [9.17, 15) is 9.59 Å². The fraction of sp³-hybridized carbons (Fsp3) is 0.182. The summed E-state index contributed by atoms with van der Waals surface area (Å²) >= 11 is 0. The van der Waals surface area contributed by atoms with Crippen molar-refractivity contribution >= 4 is 11.9 Å². The number of carboxylic acids is 2. The number of benzene rings is 1. The summed E-state index contributed by atoms with van der Waals surface area (Å²) in [4.78, 5) is 21.7. The van der Waals surface area contributed by atoms with E-state index in [1.54, 1.807) is 24.3 Å². The maximum Gasteiger partial charge on any atom is 0.318 e. The second kappa shape index (κ2) is 5.25. The summed E-state index contributed by atoms with van der Waals surface area (Å²) in [6, 6.07) is 8.82. The molecule has 8 heteroatoms. The van der Waals surface area contributed by atoms with E-state index in [1.165, 1.54) is 4.68 Å². The van der Waals surface area contributed by atoms with Crippen molar-refractivity contribution < 1.29 is 19.8 Å². The van der Waals surface area contributed by atoms with Crippen LogP contribution in [0.15, 0.2) is 30.3 Å². The lowest BCUT2D eigenvalue weighted by molar-refractivity contribution is -0.154. The molecule has 0 fully saturated rings. The van der Waals surface area contributed by atoms with Crippen LogP contribution in [0.3, 0.4) is 0 Å². The fourth-order valence-electron chi connectivity index (χ4n) is 1.57. The summed E-state index contributed by atoms with van der Waals surface area (Å²) < 4.78 is 1.32. The lowest BCUT2D eigenvalue weighted by Gasteiger charge is -2.07. The van der Waals surface area contributed by atoms with Crippen LogP contribution in [-0.4, -0.2) is 42.4 Å². The number of carboxylic acid groups (broad SMARTS) is 2. The van der Waals surface area contributed by atoms with Crippen LogP contribution in [0.2, 0.25) is 0 Å². The Labute approximate surface area is 107 Å². The van der Waals surface area contributed by atoms with Crippen LogP contribution in [0.1, 0.15) is 5.82 Å². The quantitative estimate of drug-likeness (QED) is 0.727. The lowest BCUT2D eigenvalue weighted by atomic mass is 10.1. The normalized spacial score (nSPS) is 10.6. The maximum atomic E-state index is 10.9. The van der Waals surface area contributed by atoms with Crippen molar-refractivity contribution in [2.45, 2.75) is 6.42 Å². The van der Waals surface area contributed by atoms with E-state index in [-0.39, 0.29) is 12.2 Å². The highest BCUT2D eigenvalue weighted by Gasteiger charge is 2.28. The van der Waals surface area contributed by atoms with Gasteiger partial charge in [-0.05, 0) is 22.6 Å². The number of hydrogen-bond acceptors (Lipinski definition) is 5. The Balaban J connectivity index is 2.30. The summed E-state index contributed by atoms with van der Waals surface area (Å²) in [6.45, 7) is 0. The Kier molecular flexibility index (Phi) is 3.51. The number of aliphatic carboxylic acids is 2. The molecule has 2 N–H and O–H groups in total. The van der Waals surface area contributed by atoms with E-state index in [2.05, 4.69) is 15.5 Å². The number of rotatable bonds is 5. The van der Waals surface area contributed by atoms with E-state index in [1.807, 2.05) is 6.07 Å². The number of tetrazole rings is 1. The van der Waals surface area contributed by atoms with Gasteiger partial charge in [-0.25, -0.2) is 0 Å². The van der Waals surface area contributed by atoms with Crippen LogP contribution in [0.25, 0.3) is 5.69 Å². The molecule has 0 bridgehead atoms. The summed E-state index contributed by atoms with van der Waals surface area (Å²) in [5.41, 5.74) is 0.636. The number of carbonyl (C=O) groups is 2. The maximum absolute atomic E-state index is 10.9. The van der Waals surface area contributed by atoms with Crippen molar-refractivity contribution in [1.82, 2.24) is 20.2 Å². The molecule has 1 aromatic carbocycles. The lowest BCUT2D eigenvalue weighted by Crippen LogP contribution is -2.26. The SMILES string of the molecule is O=C(O)C(Cc1nnnn1-c1ccccc1)C(=O)O. The highest BCUT2D eigenvalue weighted by molar-refractivity contribution is 5.93. The molecule has 2 aromatic rings. The van der Waals surface area contributed by atoms with Crippen LogP contribution in [0.4, 0.5) is 0 Å². The van der Waals surface area contributed by atoms with Crippen LogP contribution in [0.5, 0.6) is 0 Å². The van der Waals surface area contributed by atoms with Gasteiger partial charge in [0.15, 0.2) is 11.7 Å². The van der Waals surface area contributed by atoms with E-state index in [4.69, 9.17) is 10.2 Å². The van der Waals surface area contributed by atoms with Gasteiger partial charge in [-0.2, -0.15) is 4.68 Å². The first-order chi connectivity index (χ1) is 9.09. The van der Waals surface area contributed by atoms with Gasteiger partial charge in [0.2, 0.25) is 0 Å². The van der Waals surface area contributed by atoms with Crippen LogP contribution in [0, 0.1) is 5.92 Å². The summed E-state index contributed by atoms with van der Waals surface area (Å²) in [7, 11) is 0. The molecule has 1 heterocycles. The average Bonchev–Trinajstić information content (AvgIpc) is 2.84. The zero-order chi connectivity index (χ0) is 13.8. The second-order valence-corrected chi connectivity index (χ2v) is 3.78. The van der Waals surface area contributed by atoms with Crippen molar-refractivity contribution in [3.8, 4) is 5.69 Å². The monoisotopic (exact) mass is 262 g/mol. The third-order valence-corrected chi connectivity index (χ3v) is 2.52. The van der Waals surface area contributed by atoms with Gasteiger partial charge in [-0.1, -0.05) is 18.2 Å². The van der Waals surface area contributed by atoms with Gasteiger partial charge in [-0.3, -0.25) is 9.59 Å². The Morgan fingerprint density at radius 2 is 1.79 bits per heavy atom. The molecule has 19 heavy (non-hydrogen) atoms. The largest absolute Gasteiger partial charge is 0.481 e. The van der Waals surface area contributed by atoms with Gasteiger partial charge in [0.25, 0.3) is 0 Å². The minimum absolute atomic E-state index is 0.181. The molecule has 8 nitrogen and oxygen atoms in total.